The maximum Gasteiger partial charge on any atom is 0.123 e. The second-order valence-corrected chi connectivity index (χ2v) is 13.1. The molecule has 0 atom stereocenters. The summed E-state index contributed by atoms with van der Waals surface area (Å²) >= 11 is 0. The molecule has 0 saturated heterocycles. The number of benzene rings is 8. The van der Waals surface area contributed by atoms with Crippen LogP contribution in [0.15, 0.2) is 200 Å². The van der Waals surface area contributed by atoms with Crippen molar-refractivity contribution in [2.45, 2.75) is 5.41 Å². The van der Waals surface area contributed by atoms with Gasteiger partial charge >= 0.3 is 0 Å². The van der Waals surface area contributed by atoms with Crippen LogP contribution in [0.2, 0.25) is 0 Å². The van der Waals surface area contributed by atoms with Gasteiger partial charge in [-0.3, -0.25) is 0 Å². The first kappa shape index (κ1) is 30.4. The Morgan fingerprint density at radius 2 is 0.863 bits per heavy atom. The minimum absolute atomic E-state index is 0.291. The van der Waals surface area contributed by atoms with Crippen molar-refractivity contribution in [3.05, 3.63) is 222 Å². The number of rotatable bonds is 7. The molecule has 0 heterocycles. The van der Waals surface area contributed by atoms with Crippen LogP contribution in [0.3, 0.4) is 0 Å². The predicted molar refractivity (Wildman–Crippen MR) is 211 cm³/mol. The largest absolute Gasteiger partial charge is 0.507 e. The molecule has 242 valence electrons. The molecule has 1 aliphatic carbocycles. The Balaban J connectivity index is 1.24. The Labute approximate surface area is 299 Å². The van der Waals surface area contributed by atoms with Gasteiger partial charge in [0.2, 0.25) is 0 Å². The van der Waals surface area contributed by atoms with Crippen molar-refractivity contribution in [1.82, 2.24) is 0 Å². The number of hydrogen-bond acceptors (Lipinski definition) is 2. The van der Waals surface area contributed by atoms with Crippen molar-refractivity contribution < 1.29 is 5.11 Å². The molecule has 8 aromatic carbocycles. The molecule has 9 rings (SSSR count). The molecule has 2 N–H and O–H groups in total. The highest BCUT2D eigenvalue weighted by atomic mass is 16.3. The molecule has 2 nitrogen and oxygen atoms in total. The van der Waals surface area contributed by atoms with Gasteiger partial charge in [-0.25, -0.2) is 0 Å². The van der Waals surface area contributed by atoms with E-state index in [1.54, 1.807) is 6.07 Å². The van der Waals surface area contributed by atoms with Crippen molar-refractivity contribution in [3.63, 3.8) is 0 Å². The number of phenols is 1. The van der Waals surface area contributed by atoms with Crippen molar-refractivity contribution in [3.8, 4) is 50.3 Å². The van der Waals surface area contributed by atoms with Gasteiger partial charge in [-0.05, 0) is 68.3 Å². The predicted octanol–water partition coefficient (Wildman–Crippen LogP) is 12.5. The van der Waals surface area contributed by atoms with E-state index in [0.717, 1.165) is 67.0 Å². The van der Waals surface area contributed by atoms with Crippen molar-refractivity contribution >= 4 is 11.4 Å². The fourth-order valence-corrected chi connectivity index (χ4v) is 8.00. The smallest absolute Gasteiger partial charge is 0.123 e. The summed E-state index contributed by atoms with van der Waals surface area (Å²) in [5.41, 5.74) is 14.7. The van der Waals surface area contributed by atoms with Crippen LogP contribution in [0, 0.1) is 0 Å². The van der Waals surface area contributed by atoms with E-state index in [9.17, 15) is 5.11 Å². The average Bonchev–Trinajstić information content (AvgIpc) is 3.51. The van der Waals surface area contributed by atoms with E-state index in [-0.39, 0.29) is 0 Å². The summed E-state index contributed by atoms with van der Waals surface area (Å²) in [6.45, 7) is 0. The Hall–Kier alpha value is -6.64. The second kappa shape index (κ2) is 12.7. The van der Waals surface area contributed by atoms with E-state index in [2.05, 4.69) is 193 Å². The Kier molecular flexibility index (Phi) is 7.56. The van der Waals surface area contributed by atoms with Gasteiger partial charge in [0.25, 0.3) is 0 Å². The summed E-state index contributed by atoms with van der Waals surface area (Å²) in [5, 5.41) is 15.3. The zero-order valence-electron chi connectivity index (χ0n) is 28.0. The highest BCUT2D eigenvalue weighted by molar-refractivity contribution is 5.95. The van der Waals surface area contributed by atoms with Gasteiger partial charge in [0.05, 0.1) is 11.1 Å². The minimum atomic E-state index is -0.626. The Bertz CT molecular complexity index is 2430. The third kappa shape index (κ3) is 5.12. The lowest BCUT2D eigenvalue weighted by atomic mass is 9.67. The number of nitrogens with one attached hydrogen (secondary N) is 1. The third-order valence-corrected chi connectivity index (χ3v) is 10.3. The van der Waals surface area contributed by atoms with Crippen LogP contribution in [0.4, 0.5) is 11.4 Å². The Morgan fingerprint density at radius 3 is 1.47 bits per heavy atom. The van der Waals surface area contributed by atoms with E-state index < -0.39 is 5.41 Å². The normalized spacial score (nSPS) is 12.5. The fraction of sp³-hybridized carbons (Fsp3) is 0.0204. The number of para-hydroxylation sites is 1. The van der Waals surface area contributed by atoms with Gasteiger partial charge < -0.3 is 10.4 Å². The molecule has 8 aromatic rings. The van der Waals surface area contributed by atoms with Crippen LogP contribution < -0.4 is 5.32 Å². The molecule has 51 heavy (non-hydrogen) atoms. The summed E-state index contributed by atoms with van der Waals surface area (Å²) in [6, 6.07) is 70.4. The van der Waals surface area contributed by atoms with Crippen LogP contribution in [-0.2, 0) is 5.41 Å². The van der Waals surface area contributed by atoms with Gasteiger partial charge in [0.15, 0.2) is 0 Å². The summed E-state index contributed by atoms with van der Waals surface area (Å²) in [5.74, 6) is 0.291. The molecule has 0 saturated carbocycles. The molecule has 0 aromatic heterocycles. The van der Waals surface area contributed by atoms with E-state index in [1.165, 1.54) is 11.1 Å². The van der Waals surface area contributed by atoms with Crippen LogP contribution in [0.1, 0.15) is 22.3 Å². The molecular weight excluding hydrogens is 619 g/mol. The first-order valence-electron chi connectivity index (χ1n) is 17.4. The average molecular weight is 654 g/mol. The lowest BCUT2D eigenvalue weighted by molar-refractivity contribution is 0.477. The van der Waals surface area contributed by atoms with Crippen LogP contribution >= 0.6 is 0 Å². The molecule has 0 unspecified atom stereocenters. The number of hydrogen-bond donors (Lipinski definition) is 2. The highest BCUT2D eigenvalue weighted by Crippen LogP contribution is 2.59. The van der Waals surface area contributed by atoms with Crippen LogP contribution in [0.25, 0.3) is 44.5 Å². The van der Waals surface area contributed by atoms with Crippen molar-refractivity contribution in [1.29, 1.82) is 0 Å². The van der Waals surface area contributed by atoms with Crippen molar-refractivity contribution in [2.75, 3.05) is 5.32 Å². The topological polar surface area (TPSA) is 32.3 Å². The number of aromatic hydroxyl groups is 1. The summed E-state index contributed by atoms with van der Waals surface area (Å²) < 4.78 is 0. The molecule has 1 aliphatic rings. The molecule has 0 bridgehead atoms. The Morgan fingerprint density at radius 1 is 0.373 bits per heavy atom. The molecule has 2 heteroatoms. The number of anilines is 2. The maximum atomic E-state index is 11.4. The van der Waals surface area contributed by atoms with Crippen LogP contribution in [0.5, 0.6) is 5.75 Å². The quantitative estimate of drug-likeness (QED) is 0.179. The fourth-order valence-electron chi connectivity index (χ4n) is 8.00. The summed E-state index contributed by atoms with van der Waals surface area (Å²) in [6.07, 6.45) is 0. The minimum Gasteiger partial charge on any atom is -0.507 e. The lowest BCUT2D eigenvalue weighted by Gasteiger charge is -2.34. The summed E-state index contributed by atoms with van der Waals surface area (Å²) in [7, 11) is 0. The molecular formula is C49H35NO. The number of phenolic OH excluding ortho intramolecular Hbond substituents is 1. The molecule has 0 spiro atoms. The van der Waals surface area contributed by atoms with Crippen molar-refractivity contribution in [2.24, 2.45) is 0 Å². The van der Waals surface area contributed by atoms with Gasteiger partial charge in [0.1, 0.15) is 5.75 Å². The zero-order valence-corrected chi connectivity index (χ0v) is 28.0. The van der Waals surface area contributed by atoms with Gasteiger partial charge in [0, 0.05) is 22.4 Å². The standard InChI is InChI=1S/C49H35NO/c51-46-26-14-25-44-47(46)43-32-31-40(33-45(43)49(44,38-19-9-3-10-20-38)39-21-11-4-12-22-39)50-48-41(36-17-7-2-8-18-36)23-13-24-42(48)37-29-27-35(28-30-37)34-15-5-1-6-16-34/h1-33,50-51H. The maximum absolute atomic E-state index is 11.4. The molecule has 0 aliphatic heterocycles. The lowest BCUT2D eigenvalue weighted by Crippen LogP contribution is -2.28. The highest BCUT2D eigenvalue weighted by Gasteiger charge is 2.47. The van der Waals surface area contributed by atoms with Crippen LogP contribution in [-0.4, -0.2) is 5.11 Å². The molecule has 0 fully saturated rings. The van der Waals surface area contributed by atoms with E-state index >= 15 is 0 Å². The SMILES string of the molecule is Oc1cccc2c1-c1ccc(Nc3c(-c4ccccc4)cccc3-c3ccc(-c4ccccc4)cc3)cc1C2(c1ccccc1)c1ccccc1. The molecule has 0 radical (unpaired) electrons. The molecule has 0 amide bonds. The second-order valence-electron chi connectivity index (χ2n) is 13.1. The van der Waals surface area contributed by atoms with Gasteiger partial charge in [-0.2, -0.15) is 0 Å². The third-order valence-electron chi connectivity index (χ3n) is 10.3. The van der Waals surface area contributed by atoms with E-state index in [0.29, 0.717) is 5.75 Å². The first-order valence-corrected chi connectivity index (χ1v) is 17.4. The first-order chi connectivity index (χ1) is 25.2. The zero-order chi connectivity index (χ0) is 34.2. The number of fused-ring (bicyclic) bond motifs is 3. The van der Waals surface area contributed by atoms with E-state index in [1.807, 2.05) is 6.07 Å². The summed E-state index contributed by atoms with van der Waals surface area (Å²) in [4.78, 5) is 0. The van der Waals surface area contributed by atoms with E-state index in [4.69, 9.17) is 0 Å². The monoisotopic (exact) mass is 653 g/mol. The van der Waals surface area contributed by atoms with Gasteiger partial charge in [-0.1, -0.05) is 182 Å². The van der Waals surface area contributed by atoms with Gasteiger partial charge in [-0.15, -0.1) is 0 Å².